The third-order valence-electron chi connectivity index (χ3n) is 2.36. The van der Waals surface area contributed by atoms with Crippen molar-refractivity contribution >= 4 is 0 Å². The molecule has 0 fully saturated rings. The van der Waals surface area contributed by atoms with Crippen LogP contribution in [0.3, 0.4) is 0 Å². The Labute approximate surface area is 91.7 Å². The topological polar surface area (TPSA) is 35.5 Å². The highest BCUT2D eigenvalue weighted by Gasteiger charge is 2.02. The van der Waals surface area contributed by atoms with Crippen LogP contribution in [0.25, 0.3) is 0 Å². The van der Waals surface area contributed by atoms with Crippen molar-refractivity contribution in [1.29, 1.82) is 0 Å². The SMILES string of the molecule is CNCc1cc(CCN(C)C)ccc1O. The van der Waals surface area contributed by atoms with E-state index in [1.54, 1.807) is 6.07 Å². The van der Waals surface area contributed by atoms with E-state index in [1.807, 2.05) is 13.1 Å². The highest BCUT2D eigenvalue weighted by Crippen LogP contribution is 2.18. The lowest BCUT2D eigenvalue weighted by molar-refractivity contribution is 0.413. The Bertz CT molecular complexity index is 310. The second-order valence-corrected chi connectivity index (χ2v) is 4.05. The maximum Gasteiger partial charge on any atom is 0.120 e. The molecule has 0 spiro atoms. The molecule has 0 aliphatic heterocycles. The number of phenols is 1. The lowest BCUT2D eigenvalue weighted by Crippen LogP contribution is -2.15. The van der Waals surface area contributed by atoms with Gasteiger partial charge in [0.2, 0.25) is 0 Å². The number of aromatic hydroxyl groups is 1. The average Bonchev–Trinajstić information content (AvgIpc) is 2.19. The summed E-state index contributed by atoms with van der Waals surface area (Å²) in [4.78, 5) is 2.16. The van der Waals surface area contributed by atoms with Crippen molar-refractivity contribution in [1.82, 2.24) is 10.2 Å². The normalized spacial score (nSPS) is 10.9. The Morgan fingerprint density at radius 3 is 2.67 bits per heavy atom. The van der Waals surface area contributed by atoms with E-state index in [0.717, 1.165) is 18.5 Å². The predicted octanol–water partition coefficient (Wildman–Crippen LogP) is 1.22. The van der Waals surface area contributed by atoms with Crippen LogP contribution >= 0.6 is 0 Å². The molecule has 1 aromatic carbocycles. The van der Waals surface area contributed by atoms with E-state index in [1.165, 1.54) is 5.56 Å². The van der Waals surface area contributed by atoms with Crippen molar-refractivity contribution < 1.29 is 5.11 Å². The summed E-state index contributed by atoms with van der Waals surface area (Å²) in [5, 5.41) is 12.6. The molecule has 2 N–H and O–H groups in total. The van der Waals surface area contributed by atoms with Gasteiger partial charge in [-0.15, -0.1) is 0 Å². The van der Waals surface area contributed by atoms with E-state index < -0.39 is 0 Å². The summed E-state index contributed by atoms with van der Waals surface area (Å²) in [5.74, 6) is 0.373. The van der Waals surface area contributed by atoms with Crippen molar-refractivity contribution in [3.8, 4) is 5.75 Å². The average molecular weight is 208 g/mol. The number of hydrogen-bond donors (Lipinski definition) is 2. The molecule has 1 aromatic rings. The van der Waals surface area contributed by atoms with Crippen LogP contribution in [0.15, 0.2) is 18.2 Å². The molecule has 0 amide bonds. The monoisotopic (exact) mass is 208 g/mol. The van der Waals surface area contributed by atoms with E-state index in [4.69, 9.17) is 0 Å². The first kappa shape index (κ1) is 12.0. The maximum absolute atomic E-state index is 9.59. The molecular formula is C12H20N2O. The number of rotatable bonds is 5. The molecule has 0 bridgehead atoms. The highest BCUT2D eigenvalue weighted by molar-refractivity contribution is 5.36. The van der Waals surface area contributed by atoms with Gasteiger partial charge in [-0.1, -0.05) is 12.1 Å². The van der Waals surface area contributed by atoms with Crippen LogP contribution in [0.2, 0.25) is 0 Å². The van der Waals surface area contributed by atoms with Crippen LogP contribution in [-0.2, 0) is 13.0 Å². The van der Waals surface area contributed by atoms with Crippen LogP contribution in [0, 0.1) is 0 Å². The van der Waals surface area contributed by atoms with Gasteiger partial charge in [-0.25, -0.2) is 0 Å². The summed E-state index contributed by atoms with van der Waals surface area (Å²) < 4.78 is 0. The van der Waals surface area contributed by atoms with Crippen molar-refractivity contribution in [3.05, 3.63) is 29.3 Å². The number of hydrogen-bond acceptors (Lipinski definition) is 3. The quantitative estimate of drug-likeness (QED) is 0.763. The summed E-state index contributed by atoms with van der Waals surface area (Å²) >= 11 is 0. The molecule has 0 aliphatic carbocycles. The molecule has 0 radical (unpaired) electrons. The molecule has 0 aliphatic rings. The lowest BCUT2D eigenvalue weighted by Gasteiger charge is -2.11. The van der Waals surface area contributed by atoms with Gasteiger partial charge >= 0.3 is 0 Å². The Kier molecular flexibility index (Phi) is 4.59. The van der Waals surface area contributed by atoms with E-state index >= 15 is 0 Å². The molecule has 0 unspecified atom stereocenters. The number of nitrogens with one attached hydrogen (secondary N) is 1. The van der Waals surface area contributed by atoms with Crippen LogP contribution in [0.5, 0.6) is 5.75 Å². The molecule has 3 heteroatoms. The minimum Gasteiger partial charge on any atom is -0.508 e. The number of nitrogens with zero attached hydrogens (tertiary/aromatic N) is 1. The van der Waals surface area contributed by atoms with Gasteiger partial charge in [-0.2, -0.15) is 0 Å². The molecule has 0 heterocycles. The Morgan fingerprint density at radius 1 is 1.33 bits per heavy atom. The Hall–Kier alpha value is -1.06. The standard InChI is InChI=1S/C12H20N2O/c1-13-9-11-8-10(4-5-12(11)15)6-7-14(2)3/h4-5,8,13,15H,6-7,9H2,1-3H3. The van der Waals surface area contributed by atoms with Crippen LogP contribution in [-0.4, -0.2) is 37.7 Å². The summed E-state index contributed by atoms with van der Waals surface area (Å²) in [6.45, 7) is 1.74. The van der Waals surface area contributed by atoms with Crippen molar-refractivity contribution in [2.45, 2.75) is 13.0 Å². The zero-order chi connectivity index (χ0) is 11.3. The third kappa shape index (κ3) is 3.90. The van der Waals surface area contributed by atoms with Crippen LogP contribution in [0.4, 0.5) is 0 Å². The highest BCUT2D eigenvalue weighted by atomic mass is 16.3. The lowest BCUT2D eigenvalue weighted by atomic mass is 10.1. The summed E-state index contributed by atoms with van der Waals surface area (Å²) in [6.07, 6.45) is 1.02. The number of phenolic OH excluding ortho intramolecular Hbond substituents is 1. The van der Waals surface area contributed by atoms with E-state index in [-0.39, 0.29) is 0 Å². The zero-order valence-electron chi connectivity index (χ0n) is 9.75. The van der Waals surface area contributed by atoms with Gasteiger partial charge in [-0.3, -0.25) is 0 Å². The second-order valence-electron chi connectivity index (χ2n) is 4.05. The van der Waals surface area contributed by atoms with Gasteiger partial charge in [-0.05, 0) is 39.2 Å². The summed E-state index contributed by atoms with van der Waals surface area (Å²) in [5.41, 5.74) is 2.24. The molecule has 0 saturated carbocycles. The first-order valence-corrected chi connectivity index (χ1v) is 5.23. The zero-order valence-corrected chi connectivity index (χ0v) is 9.75. The number of likely N-dealkylation sites (N-methyl/N-ethyl adjacent to an activating group) is 1. The molecule has 84 valence electrons. The molecule has 0 aromatic heterocycles. The first-order valence-electron chi connectivity index (χ1n) is 5.23. The minimum atomic E-state index is 0.373. The minimum absolute atomic E-state index is 0.373. The fourth-order valence-corrected chi connectivity index (χ4v) is 1.48. The molecule has 1 rings (SSSR count). The van der Waals surface area contributed by atoms with Crippen LogP contribution < -0.4 is 5.32 Å². The molecule has 3 nitrogen and oxygen atoms in total. The van der Waals surface area contributed by atoms with E-state index in [0.29, 0.717) is 12.3 Å². The summed E-state index contributed by atoms with van der Waals surface area (Å²) in [7, 11) is 6.01. The second kappa shape index (κ2) is 5.73. The fourth-order valence-electron chi connectivity index (χ4n) is 1.48. The number of benzene rings is 1. The van der Waals surface area contributed by atoms with Crippen molar-refractivity contribution in [2.75, 3.05) is 27.7 Å². The van der Waals surface area contributed by atoms with Gasteiger partial charge in [0.25, 0.3) is 0 Å². The largest absolute Gasteiger partial charge is 0.508 e. The molecule has 15 heavy (non-hydrogen) atoms. The van der Waals surface area contributed by atoms with Gasteiger partial charge in [0, 0.05) is 18.7 Å². The van der Waals surface area contributed by atoms with E-state index in [9.17, 15) is 5.11 Å². The van der Waals surface area contributed by atoms with Crippen molar-refractivity contribution in [2.24, 2.45) is 0 Å². The molecule has 0 saturated heterocycles. The van der Waals surface area contributed by atoms with Gasteiger partial charge < -0.3 is 15.3 Å². The molecular weight excluding hydrogens is 188 g/mol. The van der Waals surface area contributed by atoms with Crippen LogP contribution in [0.1, 0.15) is 11.1 Å². The smallest absolute Gasteiger partial charge is 0.120 e. The Balaban J connectivity index is 2.69. The summed E-state index contributed by atoms with van der Waals surface area (Å²) in [6, 6.07) is 5.82. The maximum atomic E-state index is 9.59. The van der Waals surface area contributed by atoms with Gasteiger partial charge in [0.05, 0.1) is 0 Å². The Morgan fingerprint density at radius 2 is 2.07 bits per heavy atom. The molecule has 0 atom stereocenters. The first-order chi connectivity index (χ1) is 7.13. The van der Waals surface area contributed by atoms with E-state index in [2.05, 4.69) is 30.4 Å². The predicted molar refractivity (Wildman–Crippen MR) is 63.1 cm³/mol. The van der Waals surface area contributed by atoms with Crippen molar-refractivity contribution in [3.63, 3.8) is 0 Å². The third-order valence-corrected chi connectivity index (χ3v) is 2.36. The fraction of sp³-hybridized carbons (Fsp3) is 0.500. The van der Waals surface area contributed by atoms with Gasteiger partial charge in [0.1, 0.15) is 5.75 Å². The van der Waals surface area contributed by atoms with Gasteiger partial charge in [0.15, 0.2) is 0 Å².